The lowest BCUT2D eigenvalue weighted by molar-refractivity contribution is -0.119. The Labute approximate surface area is 205 Å². The average molecular weight is 499 g/mol. The molecule has 0 spiro atoms. The number of hydrogen-bond donors (Lipinski definition) is 0. The van der Waals surface area contributed by atoms with E-state index in [1.54, 1.807) is 42.6 Å². The number of rotatable bonds is 16. The van der Waals surface area contributed by atoms with Crippen LogP contribution in [0.15, 0.2) is 63.4 Å². The molecule has 0 aliphatic carbocycles. The summed E-state index contributed by atoms with van der Waals surface area (Å²) in [7, 11) is -1.48. The van der Waals surface area contributed by atoms with Crippen LogP contribution in [0.5, 0.6) is 5.75 Å². The van der Waals surface area contributed by atoms with Crippen molar-refractivity contribution in [3.05, 3.63) is 64.8 Å². The van der Waals surface area contributed by atoms with Gasteiger partial charge in [0.05, 0.1) is 24.7 Å². The Hall–Kier alpha value is -3.60. The largest absolute Gasteiger partial charge is 0.494 e. The molecule has 1 atom stereocenters. The highest BCUT2D eigenvalue weighted by Crippen LogP contribution is 2.23. The minimum absolute atomic E-state index is 0.0513. The van der Waals surface area contributed by atoms with Gasteiger partial charge in [0.15, 0.2) is 0 Å². The molecule has 0 saturated heterocycles. The molecule has 11 nitrogen and oxygen atoms in total. The van der Waals surface area contributed by atoms with Crippen LogP contribution in [0, 0.1) is 0 Å². The molecule has 0 saturated carbocycles. The van der Waals surface area contributed by atoms with E-state index in [0.29, 0.717) is 69.1 Å². The van der Waals surface area contributed by atoms with Crippen LogP contribution < -0.4 is 4.74 Å². The maximum atomic E-state index is 12.4. The Morgan fingerprint density at radius 3 is 2.60 bits per heavy atom. The van der Waals surface area contributed by atoms with E-state index in [2.05, 4.69) is 25.2 Å². The molecule has 0 radical (unpaired) electrons. The van der Waals surface area contributed by atoms with Gasteiger partial charge in [-0.05, 0) is 54.8 Å². The summed E-state index contributed by atoms with van der Waals surface area (Å²) >= 11 is 0. The van der Waals surface area contributed by atoms with Crippen molar-refractivity contribution in [3.63, 3.8) is 0 Å². The van der Waals surface area contributed by atoms with Gasteiger partial charge in [0.25, 0.3) is 0 Å². The highest BCUT2D eigenvalue weighted by molar-refractivity contribution is 7.83. The van der Waals surface area contributed by atoms with Crippen molar-refractivity contribution in [2.24, 2.45) is 5.11 Å². The first-order valence-electron chi connectivity index (χ1n) is 11.1. The van der Waals surface area contributed by atoms with Crippen LogP contribution in [0.1, 0.15) is 31.4 Å². The highest BCUT2D eigenvalue weighted by atomic mass is 32.2. The second kappa shape index (κ2) is 14.6. The van der Waals surface area contributed by atoms with Crippen molar-refractivity contribution in [1.29, 1.82) is 0 Å². The number of ether oxygens (including phenoxy) is 2. The molecule has 0 bridgehead atoms. The average Bonchev–Trinajstić information content (AvgIpc) is 3.38. The zero-order valence-electron chi connectivity index (χ0n) is 19.1. The predicted molar refractivity (Wildman–Crippen MR) is 128 cm³/mol. The lowest BCUT2D eigenvalue weighted by Gasteiger charge is -2.06. The van der Waals surface area contributed by atoms with E-state index in [-0.39, 0.29) is 22.6 Å². The number of carbonyl (C=O) groups excluding carboxylic acids is 1. The summed E-state index contributed by atoms with van der Waals surface area (Å²) in [6.07, 6.45) is 3.80. The van der Waals surface area contributed by atoms with Crippen LogP contribution in [0.3, 0.4) is 0 Å². The van der Waals surface area contributed by atoms with Gasteiger partial charge in [-0.3, -0.25) is 9.78 Å². The quantitative estimate of drug-likeness (QED) is 0.123. The monoisotopic (exact) mass is 498 g/mol. The lowest BCUT2D eigenvalue weighted by atomic mass is 10.1. The topological polar surface area (TPSA) is 153 Å². The second-order valence-corrected chi connectivity index (χ2v) is 8.70. The van der Waals surface area contributed by atoms with E-state index in [1.165, 1.54) is 0 Å². The highest BCUT2D eigenvalue weighted by Gasteiger charge is 2.15. The van der Waals surface area contributed by atoms with Crippen LogP contribution in [0.4, 0.5) is 0 Å². The van der Waals surface area contributed by atoms with Crippen molar-refractivity contribution in [2.75, 3.05) is 26.4 Å². The third-order valence-corrected chi connectivity index (χ3v) is 5.83. The van der Waals surface area contributed by atoms with Crippen molar-refractivity contribution in [3.8, 4) is 17.2 Å². The zero-order valence-corrected chi connectivity index (χ0v) is 19.9. The van der Waals surface area contributed by atoms with Gasteiger partial charge in [0.1, 0.15) is 22.3 Å². The summed E-state index contributed by atoms with van der Waals surface area (Å²) in [6, 6.07) is 12.5. The van der Waals surface area contributed by atoms with Gasteiger partial charge in [0, 0.05) is 42.7 Å². The number of azide groups is 1. The zero-order chi connectivity index (χ0) is 24.7. The smallest absolute Gasteiger partial charge is 0.308 e. The van der Waals surface area contributed by atoms with E-state index in [4.69, 9.17) is 19.4 Å². The molecule has 0 amide bonds. The molecule has 12 heteroatoms. The molecule has 35 heavy (non-hydrogen) atoms. The third-order valence-electron chi connectivity index (χ3n) is 4.72. The summed E-state index contributed by atoms with van der Waals surface area (Å²) in [5.74, 6) is 1.29. The number of aromatic nitrogens is 3. The second-order valence-electron chi connectivity index (χ2n) is 7.37. The lowest BCUT2D eigenvalue weighted by Crippen LogP contribution is -2.06. The molecule has 1 unspecified atom stereocenters. The van der Waals surface area contributed by atoms with Gasteiger partial charge >= 0.3 is 5.22 Å². The molecular weight excluding hydrogens is 472 g/mol. The molecule has 0 aliphatic rings. The van der Waals surface area contributed by atoms with E-state index < -0.39 is 10.8 Å². The Bertz CT molecular complexity index is 1130. The molecule has 184 valence electrons. The number of benzene rings is 1. The first-order chi connectivity index (χ1) is 17.2. The van der Waals surface area contributed by atoms with Gasteiger partial charge in [-0.1, -0.05) is 16.3 Å². The van der Waals surface area contributed by atoms with E-state index >= 15 is 0 Å². The molecule has 0 fully saturated rings. The van der Waals surface area contributed by atoms with Crippen molar-refractivity contribution in [2.45, 2.75) is 36.7 Å². The minimum Gasteiger partial charge on any atom is -0.494 e. The summed E-state index contributed by atoms with van der Waals surface area (Å²) in [4.78, 5) is 18.7. The Morgan fingerprint density at radius 2 is 1.86 bits per heavy atom. The standard InChI is InChI=1S/C23H26N6O5S/c24-29-26-13-16-32-14-3-6-20(30)7-4-15-33-21-10-8-18(9-11-21)22-27-28-23(34-22)35(31)17-19-5-1-2-12-25-19/h1-2,5,8-12H,3-4,6-7,13-17H2. The van der Waals surface area contributed by atoms with E-state index in [0.717, 1.165) is 0 Å². The fraction of sp³-hybridized carbons (Fsp3) is 0.391. The number of carbonyl (C=O) groups is 1. The number of ketones is 1. The van der Waals surface area contributed by atoms with E-state index in [1.807, 2.05) is 6.07 Å². The van der Waals surface area contributed by atoms with Crippen molar-refractivity contribution < 1.29 is 22.9 Å². The predicted octanol–water partition coefficient (Wildman–Crippen LogP) is 4.27. The Morgan fingerprint density at radius 1 is 1.06 bits per heavy atom. The van der Waals surface area contributed by atoms with Gasteiger partial charge < -0.3 is 13.9 Å². The summed E-state index contributed by atoms with van der Waals surface area (Å²) in [5, 5.41) is 11.3. The molecule has 2 heterocycles. The first kappa shape index (κ1) is 26.0. The Kier molecular flexibility index (Phi) is 10.9. The fourth-order valence-corrected chi connectivity index (χ4v) is 3.87. The van der Waals surface area contributed by atoms with Crippen LogP contribution >= 0.6 is 0 Å². The van der Waals surface area contributed by atoms with Crippen molar-refractivity contribution in [1.82, 2.24) is 15.2 Å². The number of Topliss-reactive ketones (excluding diaryl/α,β-unsaturated/α-hetero) is 1. The normalized spacial score (nSPS) is 11.5. The van der Waals surface area contributed by atoms with Gasteiger partial charge in [0.2, 0.25) is 5.89 Å². The maximum absolute atomic E-state index is 12.4. The molecule has 0 aliphatic heterocycles. The number of hydrogen-bond acceptors (Lipinski definition) is 9. The SMILES string of the molecule is [N-]=[N+]=NCCOCCCC(=O)CCCOc1ccc(-c2nnc(S(=O)Cc3ccccn3)o2)cc1. The molecule has 3 aromatic rings. The summed E-state index contributed by atoms with van der Waals surface area (Å²) < 4.78 is 29.0. The molecule has 0 N–H and O–H groups in total. The Balaban J connectivity index is 1.35. The number of pyridine rings is 1. The maximum Gasteiger partial charge on any atom is 0.308 e. The van der Waals surface area contributed by atoms with Gasteiger partial charge in [-0.15, -0.1) is 5.10 Å². The summed E-state index contributed by atoms with van der Waals surface area (Å²) in [6.45, 7) is 1.55. The number of nitrogens with zero attached hydrogens (tertiary/aromatic N) is 6. The van der Waals surface area contributed by atoms with Gasteiger partial charge in [-0.25, -0.2) is 4.21 Å². The van der Waals surface area contributed by atoms with Crippen molar-refractivity contribution >= 4 is 16.6 Å². The molecule has 2 aromatic heterocycles. The van der Waals surface area contributed by atoms with Crippen LogP contribution in [-0.4, -0.2) is 51.5 Å². The summed E-state index contributed by atoms with van der Waals surface area (Å²) in [5.41, 5.74) is 9.53. The van der Waals surface area contributed by atoms with Crippen LogP contribution in [0.25, 0.3) is 21.9 Å². The van der Waals surface area contributed by atoms with Crippen LogP contribution in [-0.2, 0) is 26.1 Å². The third kappa shape index (κ3) is 9.28. The molecule has 1 aromatic carbocycles. The molecular formula is C23H26N6O5S. The first-order valence-corrected chi connectivity index (χ1v) is 12.4. The molecule has 3 rings (SSSR count). The fourth-order valence-electron chi connectivity index (χ4n) is 3.00. The minimum atomic E-state index is -1.48. The van der Waals surface area contributed by atoms with Gasteiger partial charge in [-0.2, -0.15) is 0 Å². The van der Waals surface area contributed by atoms with E-state index in [9.17, 15) is 9.00 Å². The van der Waals surface area contributed by atoms with Crippen LogP contribution in [0.2, 0.25) is 0 Å².